The highest BCUT2D eigenvalue weighted by Gasteiger charge is 2.31. The van der Waals surface area contributed by atoms with Crippen LogP contribution >= 0.6 is 11.6 Å². The summed E-state index contributed by atoms with van der Waals surface area (Å²) in [5, 5.41) is 4.32. The van der Waals surface area contributed by atoms with E-state index in [0.717, 1.165) is 52.7 Å². The summed E-state index contributed by atoms with van der Waals surface area (Å²) >= 11 is 6.02. The zero-order valence-electron chi connectivity index (χ0n) is 13.7. The van der Waals surface area contributed by atoms with Crippen molar-refractivity contribution in [2.45, 2.75) is 51.5 Å². The number of H-pyrrole nitrogens is 1. The summed E-state index contributed by atoms with van der Waals surface area (Å²) in [6.45, 7) is 1.91. The molecular weight excluding hydrogens is 306 g/mol. The molecule has 3 nitrogen and oxygen atoms in total. The van der Waals surface area contributed by atoms with Crippen LogP contribution in [0.25, 0.3) is 11.0 Å². The Kier molecular flexibility index (Phi) is 4.59. The summed E-state index contributed by atoms with van der Waals surface area (Å²) in [4.78, 5) is 7.96. The van der Waals surface area contributed by atoms with Crippen LogP contribution < -0.4 is 5.32 Å². The Hall–Kier alpha value is -1.06. The monoisotopic (exact) mass is 331 g/mol. The van der Waals surface area contributed by atoms with Gasteiger partial charge in [0.1, 0.15) is 5.82 Å². The van der Waals surface area contributed by atoms with Gasteiger partial charge in [-0.1, -0.05) is 30.9 Å². The van der Waals surface area contributed by atoms with E-state index in [1.54, 1.807) is 0 Å². The number of halogens is 1. The lowest BCUT2D eigenvalue weighted by molar-refractivity contribution is 0.132. The lowest BCUT2D eigenvalue weighted by Gasteiger charge is -2.39. The van der Waals surface area contributed by atoms with Crippen LogP contribution in [-0.2, 0) is 6.54 Å². The number of hydrogen-bond donors (Lipinski definition) is 2. The highest BCUT2D eigenvalue weighted by molar-refractivity contribution is 6.31. The molecule has 4 rings (SSSR count). The van der Waals surface area contributed by atoms with Crippen LogP contribution in [0.15, 0.2) is 18.2 Å². The van der Waals surface area contributed by atoms with Crippen LogP contribution in [0.3, 0.4) is 0 Å². The fourth-order valence-corrected chi connectivity index (χ4v) is 4.91. The van der Waals surface area contributed by atoms with Gasteiger partial charge in [0.25, 0.3) is 0 Å². The minimum absolute atomic E-state index is 0.753. The van der Waals surface area contributed by atoms with E-state index in [0.29, 0.717) is 0 Å². The van der Waals surface area contributed by atoms with Gasteiger partial charge in [0, 0.05) is 5.02 Å². The number of fused-ring (bicyclic) bond motifs is 3. The molecule has 1 aromatic carbocycles. The maximum Gasteiger partial charge on any atom is 0.121 e. The van der Waals surface area contributed by atoms with Gasteiger partial charge in [-0.3, -0.25) is 0 Å². The van der Waals surface area contributed by atoms with Gasteiger partial charge in [-0.25, -0.2) is 4.98 Å². The molecule has 2 aliphatic carbocycles. The molecule has 2 atom stereocenters. The number of hydrogen-bond acceptors (Lipinski definition) is 2. The maximum absolute atomic E-state index is 6.02. The smallest absolute Gasteiger partial charge is 0.121 e. The van der Waals surface area contributed by atoms with Gasteiger partial charge >= 0.3 is 0 Å². The van der Waals surface area contributed by atoms with Crippen molar-refractivity contribution in [2.75, 3.05) is 6.54 Å². The molecule has 23 heavy (non-hydrogen) atoms. The molecule has 124 valence electrons. The molecule has 2 aliphatic rings. The average molecular weight is 332 g/mol. The van der Waals surface area contributed by atoms with E-state index >= 15 is 0 Å². The van der Waals surface area contributed by atoms with Crippen molar-refractivity contribution in [2.24, 2.45) is 17.8 Å². The second kappa shape index (κ2) is 6.82. The van der Waals surface area contributed by atoms with Crippen LogP contribution in [0.2, 0.25) is 5.02 Å². The van der Waals surface area contributed by atoms with E-state index in [-0.39, 0.29) is 0 Å². The van der Waals surface area contributed by atoms with Gasteiger partial charge in [-0.2, -0.15) is 0 Å². The summed E-state index contributed by atoms with van der Waals surface area (Å²) in [6.07, 6.45) is 10.2. The Balaban J connectivity index is 1.25. The molecular formula is C19H26ClN3. The second-order valence-corrected chi connectivity index (χ2v) is 7.98. The number of rotatable bonds is 5. The first-order chi connectivity index (χ1) is 11.3. The average Bonchev–Trinajstić information content (AvgIpc) is 2.93. The Morgan fingerprint density at radius 2 is 2.00 bits per heavy atom. The molecule has 2 unspecified atom stereocenters. The molecule has 2 aromatic rings. The van der Waals surface area contributed by atoms with E-state index in [4.69, 9.17) is 11.6 Å². The number of benzene rings is 1. The molecule has 0 saturated heterocycles. The third-order valence-electron chi connectivity index (χ3n) is 5.74. The number of aromatic amines is 1. The normalized spacial score (nSPS) is 27.4. The summed E-state index contributed by atoms with van der Waals surface area (Å²) in [5.74, 6) is 4.02. The summed E-state index contributed by atoms with van der Waals surface area (Å²) in [5.41, 5.74) is 2.01. The highest BCUT2D eigenvalue weighted by atomic mass is 35.5. The van der Waals surface area contributed by atoms with Crippen LogP contribution in [-0.4, -0.2) is 16.5 Å². The zero-order chi connectivity index (χ0) is 15.6. The Bertz CT molecular complexity index is 654. The Labute approximate surface area is 143 Å². The van der Waals surface area contributed by atoms with Gasteiger partial charge in [0.05, 0.1) is 17.6 Å². The molecule has 1 aromatic heterocycles. The molecule has 2 bridgehead atoms. The molecule has 2 N–H and O–H groups in total. The van der Waals surface area contributed by atoms with Crippen LogP contribution in [0.4, 0.5) is 0 Å². The number of nitrogens with one attached hydrogen (secondary N) is 2. The van der Waals surface area contributed by atoms with Crippen molar-refractivity contribution >= 4 is 22.6 Å². The molecule has 0 spiro atoms. The summed E-state index contributed by atoms with van der Waals surface area (Å²) in [6, 6.07) is 5.80. The number of aromatic nitrogens is 2. The first kappa shape index (κ1) is 15.5. The fourth-order valence-electron chi connectivity index (χ4n) is 4.74. The van der Waals surface area contributed by atoms with Crippen molar-refractivity contribution in [3.8, 4) is 0 Å². The Morgan fingerprint density at radius 1 is 1.17 bits per heavy atom. The van der Waals surface area contributed by atoms with Crippen LogP contribution in [0, 0.1) is 17.8 Å². The third kappa shape index (κ3) is 3.72. The SMILES string of the molecule is Clc1ccc2nc(CNCCC3CC4CCCC(C4)C3)[nH]c2c1. The van der Waals surface area contributed by atoms with Crippen LogP contribution in [0.1, 0.15) is 50.8 Å². The largest absolute Gasteiger partial charge is 0.341 e. The third-order valence-corrected chi connectivity index (χ3v) is 5.97. The minimum Gasteiger partial charge on any atom is -0.341 e. The molecule has 4 heteroatoms. The topological polar surface area (TPSA) is 40.7 Å². The molecule has 2 saturated carbocycles. The first-order valence-electron chi connectivity index (χ1n) is 9.11. The lowest BCUT2D eigenvalue weighted by atomic mass is 9.67. The van der Waals surface area contributed by atoms with E-state index in [1.165, 1.54) is 44.9 Å². The lowest BCUT2D eigenvalue weighted by Crippen LogP contribution is -2.29. The maximum atomic E-state index is 6.02. The van der Waals surface area contributed by atoms with Gasteiger partial charge in [-0.15, -0.1) is 0 Å². The van der Waals surface area contributed by atoms with Crippen molar-refractivity contribution in [3.05, 3.63) is 29.0 Å². The number of nitrogens with zero attached hydrogens (tertiary/aromatic N) is 1. The molecule has 0 amide bonds. The standard InChI is InChI=1S/C19H26ClN3/c20-16-4-5-17-18(11-16)23-19(22-17)12-21-7-6-15-9-13-2-1-3-14(8-13)10-15/h4-5,11,13-15,21H,1-3,6-10,12H2,(H,22,23). The van der Waals surface area contributed by atoms with Crippen molar-refractivity contribution in [1.29, 1.82) is 0 Å². The minimum atomic E-state index is 0.753. The van der Waals surface area contributed by atoms with E-state index in [2.05, 4.69) is 15.3 Å². The fraction of sp³-hybridized carbons (Fsp3) is 0.632. The predicted molar refractivity (Wildman–Crippen MR) is 95.6 cm³/mol. The first-order valence-corrected chi connectivity index (χ1v) is 9.49. The van der Waals surface area contributed by atoms with Crippen molar-refractivity contribution in [3.63, 3.8) is 0 Å². The summed E-state index contributed by atoms with van der Waals surface area (Å²) in [7, 11) is 0. The second-order valence-electron chi connectivity index (χ2n) is 7.55. The molecule has 1 heterocycles. The van der Waals surface area contributed by atoms with Gasteiger partial charge in [0.2, 0.25) is 0 Å². The molecule has 2 fully saturated rings. The van der Waals surface area contributed by atoms with Gasteiger partial charge < -0.3 is 10.3 Å². The molecule has 0 aliphatic heterocycles. The Morgan fingerprint density at radius 3 is 2.83 bits per heavy atom. The van der Waals surface area contributed by atoms with Crippen LogP contribution in [0.5, 0.6) is 0 Å². The van der Waals surface area contributed by atoms with Crippen molar-refractivity contribution in [1.82, 2.24) is 15.3 Å². The quantitative estimate of drug-likeness (QED) is 0.764. The van der Waals surface area contributed by atoms with E-state index in [9.17, 15) is 0 Å². The highest BCUT2D eigenvalue weighted by Crippen LogP contribution is 2.43. The van der Waals surface area contributed by atoms with E-state index in [1.807, 2.05) is 18.2 Å². The molecule has 0 radical (unpaired) electrons. The van der Waals surface area contributed by atoms with Gasteiger partial charge in [-0.05, 0) is 68.2 Å². The predicted octanol–water partition coefficient (Wildman–Crippen LogP) is 4.91. The summed E-state index contributed by atoms with van der Waals surface area (Å²) < 4.78 is 0. The van der Waals surface area contributed by atoms with E-state index < -0.39 is 0 Å². The zero-order valence-corrected chi connectivity index (χ0v) is 14.4. The van der Waals surface area contributed by atoms with Gasteiger partial charge in [0.15, 0.2) is 0 Å². The number of imidazole rings is 1. The van der Waals surface area contributed by atoms with Crippen molar-refractivity contribution < 1.29 is 0 Å².